The normalized spacial score (nSPS) is 28.6. The molecule has 4 saturated carbocycles. The Labute approximate surface area is 217 Å². The second-order valence-electron chi connectivity index (χ2n) is 11.7. The summed E-state index contributed by atoms with van der Waals surface area (Å²) >= 11 is 0. The molecule has 0 aliphatic heterocycles. The summed E-state index contributed by atoms with van der Waals surface area (Å²) in [5.74, 6) is -1.34. The number of alkyl halides is 2. The molecule has 0 heterocycles. The van der Waals surface area contributed by atoms with Crippen LogP contribution in [0.4, 0.5) is 8.78 Å². The Hall–Kier alpha value is -2.37. The Kier molecular flexibility index (Phi) is 8.22. The van der Waals surface area contributed by atoms with Gasteiger partial charge >= 0.3 is 27.3 Å². The minimum absolute atomic E-state index is 0.100. The summed E-state index contributed by atoms with van der Waals surface area (Å²) in [6, 6.07) is 10.6. The summed E-state index contributed by atoms with van der Waals surface area (Å²) in [6.45, 7) is 2.71. The Morgan fingerprint density at radius 3 is 2.19 bits per heavy atom. The lowest BCUT2D eigenvalue weighted by Crippen LogP contribution is -2.60. The van der Waals surface area contributed by atoms with Gasteiger partial charge in [0.2, 0.25) is 0 Å². The topological polar surface area (TPSA) is 107 Å². The van der Waals surface area contributed by atoms with Crippen molar-refractivity contribution in [3.05, 3.63) is 48.6 Å². The van der Waals surface area contributed by atoms with Gasteiger partial charge in [-0.2, -0.15) is 17.2 Å². The summed E-state index contributed by atoms with van der Waals surface area (Å²) in [4.78, 5) is 24.3. The standard InChI is InChI=1S/C16H20F2O7S.C10H16N/c1-2-12(19)25-15-6-10-3-11(7-15)5-14(4-10,8-15)13(20)24-9-16(17,18)26(21,22)23;1-11(2,3)9-10-7-5-4-6-8-10/h2,10-11H,1,3-9H2,(H,21,22,23);4-8H,9H2,1-3H3/q;+1. The van der Waals surface area contributed by atoms with E-state index in [1.54, 1.807) is 0 Å². The molecule has 11 heteroatoms. The van der Waals surface area contributed by atoms with Crippen LogP contribution in [0.15, 0.2) is 43.0 Å². The maximum Gasteiger partial charge on any atom is 0.402 e. The quantitative estimate of drug-likeness (QED) is 0.228. The highest BCUT2D eigenvalue weighted by Gasteiger charge is 2.63. The molecular weight excluding hydrogens is 508 g/mol. The molecule has 0 saturated heterocycles. The molecule has 2 atom stereocenters. The molecule has 4 bridgehead atoms. The van der Waals surface area contributed by atoms with Crippen molar-refractivity contribution in [3.8, 4) is 0 Å². The number of esters is 2. The zero-order valence-corrected chi connectivity index (χ0v) is 22.3. The minimum Gasteiger partial charge on any atom is -0.458 e. The van der Waals surface area contributed by atoms with E-state index in [0.29, 0.717) is 25.7 Å². The Bertz CT molecular complexity index is 1100. The van der Waals surface area contributed by atoms with Crippen LogP contribution in [0.25, 0.3) is 0 Å². The van der Waals surface area contributed by atoms with Crippen molar-refractivity contribution in [3.63, 3.8) is 0 Å². The molecule has 0 aromatic heterocycles. The number of nitrogens with zero attached hydrogens (tertiary/aromatic N) is 1. The van der Waals surface area contributed by atoms with Crippen LogP contribution in [0.2, 0.25) is 0 Å². The second kappa shape index (κ2) is 10.4. The molecule has 206 valence electrons. The van der Waals surface area contributed by atoms with Gasteiger partial charge in [-0.05, 0) is 43.9 Å². The lowest BCUT2D eigenvalue weighted by molar-refractivity contribution is -0.884. The zero-order valence-electron chi connectivity index (χ0n) is 21.5. The van der Waals surface area contributed by atoms with Gasteiger partial charge in [0, 0.05) is 18.1 Å². The van der Waals surface area contributed by atoms with Crippen molar-refractivity contribution < 1.29 is 45.3 Å². The van der Waals surface area contributed by atoms with E-state index in [2.05, 4.69) is 62.8 Å². The van der Waals surface area contributed by atoms with E-state index in [1.807, 2.05) is 0 Å². The van der Waals surface area contributed by atoms with E-state index in [9.17, 15) is 26.8 Å². The molecule has 37 heavy (non-hydrogen) atoms. The van der Waals surface area contributed by atoms with Gasteiger partial charge in [-0.3, -0.25) is 9.35 Å². The van der Waals surface area contributed by atoms with Gasteiger partial charge in [0.15, 0.2) is 6.61 Å². The van der Waals surface area contributed by atoms with E-state index in [1.165, 1.54) is 5.56 Å². The first-order chi connectivity index (χ1) is 17.0. The minimum atomic E-state index is -5.68. The van der Waals surface area contributed by atoms with Gasteiger partial charge in [0.05, 0.1) is 26.6 Å². The summed E-state index contributed by atoms with van der Waals surface area (Å²) in [6.07, 6.45) is 4.10. The first-order valence-electron chi connectivity index (χ1n) is 12.2. The third kappa shape index (κ3) is 7.14. The molecule has 1 aromatic rings. The number of hydrogen-bond acceptors (Lipinski definition) is 6. The smallest absolute Gasteiger partial charge is 0.402 e. The Balaban J connectivity index is 0.000000289. The fraction of sp³-hybridized carbons (Fsp3) is 0.615. The number of quaternary nitrogens is 1. The third-order valence-electron chi connectivity index (χ3n) is 7.17. The molecule has 4 aliphatic rings. The van der Waals surface area contributed by atoms with Crippen LogP contribution in [-0.2, 0) is 35.7 Å². The number of rotatable bonds is 8. The molecule has 0 radical (unpaired) electrons. The summed E-state index contributed by atoms with van der Waals surface area (Å²) in [7, 11) is 0.928. The van der Waals surface area contributed by atoms with Crippen LogP contribution in [-0.4, -0.2) is 68.0 Å². The largest absolute Gasteiger partial charge is 0.458 e. The molecule has 8 nitrogen and oxygen atoms in total. The lowest BCUT2D eigenvalue weighted by atomic mass is 9.48. The molecule has 5 rings (SSSR count). The molecule has 2 unspecified atom stereocenters. The maximum absolute atomic E-state index is 13.4. The molecular formula is C26H36F2NO7S+. The van der Waals surface area contributed by atoms with Gasteiger partial charge in [-0.25, -0.2) is 4.79 Å². The van der Waals surface area contributed by atoms with E-state index < -0.39 is 44.9 Å². The number of hydrogen-bond donors (Lipinski definition) is 1. The predicted molar refractivity (Wildman–Crippen MR) is 132 cm³/mol. The van der Waals surface area contributed by atoms with Crippen LogP contribution in [0.1, 0.15) is 44.1 Å². The van der Waals surface area contributed by atoms with Crippen LogP contribution in [0.5, 0.6) is 0 Å². The molecule has 0 amide bonds. The number of carbonyl (C=O) groups excluding carboxylic acids is 2. The average Bonchev–Trinajstić information content (AvgIpc) is 2.75. The fourth-order valence-electron chi connectivity index (χ4n) is 6.30. The van der Waals surface area contributed by atoms with Gasteiger partial charge in [0.25, 0.3) is 0 Å². The van der Waals surface area contributed by atoms with Crippen molar-refractivity contribution in [2.24, 2.45) is 17.3 Å². The van der Waals surface area contributed by atoms with Crippen molar-refractivity contribution in [1.29, 1.82) is 0 Å². The number of carbonyl (C=O) groups is 2. The average molecular weight is 545 g/mol. The Morgan fingerprint density at radius 2 is 1.70 bits per heavy atom. The van der Waals surface area contributed by atoms with Crippen LogP contribution >= 0.6 is 0 Å². The predicted octanol–water partition coefficient (Wildman–Crippen LogP) is 3.97. The third-order valence-corrected chi connectivity index (χ3v) is 8.05. The highest BCUT2D eigenvalue weighted by Crippen LogP contribution is 2.63. The molecule has 0 spiro atoms. The van der Waals surface area contributed by atoms with E-state index in [0.717, 1.165) is 23.5 Å². The number of halogens is 2. The summed E-state index contributed by atoms with van der Waals surface area (Å²) in [5, 5.41) is -4.57. The van der Waals surface area contributed by atoms with Crippen molar-refractivity contribution in [2.75, 3.05) is 27.7 Å². The van der Waals surface area contributed by atoms with Gasteiger partial charge < -0.3 is 14.0 Å². The maximum atomic E-state index is 13.4. The van der Waals surface area contributed by atoms with E-state index >= 15 is 0 Å². The Morgan fingerprint density at radius 1 is 1.14 bits per heavy atom. The highest BCUT2D eigenvalue weighted by atomic mass is 32.2. The molecule has 1 N–H and O–H groups in total. The highest BCUT2D eigenvalue weighted by molar-refractivity contribution is 7.86. The van der Waals surface area contributed by atoms with E-state index in [-0.39, 0.29) is 18.3 Å². The summed E-state index contributed by atoms with van der Waals surface area (Å²) < 4.78 is 67.7. The number of ether oxygens (including phenoxy) is 2. The van der Waals surface area contributed by atoms with Gasteiger partial charge in [0.1, 0.15) is 12.1 Å². The van der Waals surface area contributed by atoms with Crippen LogP contribution in [0.3, 0.4) is 0 Å². The monoisotopic (exact) mass is 544 g/mol. The fourth-order valence-corrected chi connectivity index (χ4v) is 6.51. The van der Waals surface area contributed by atoms with Gasteiger partial charge in [-0.1, -0.05) is 36.9 Å². The molecule has 4 aliphatic carbocycles. The van der Waals surface area contributed by atoms with Crippen molar-refractivity contribution in [2.45, 2.75) is 55.9 Å². The molecule has 4 fully saturated rings. The van der Waals surface area contributed by atoms with Crippen LogP contribution in [0, 0.1) is 17.3 Å². The lowest BCUT2D eigenvalue weighted by Gasteiger charge is -2.59. The summed E-state index contributed by atoms with van der Waals surface area (Å²) in [5.41, 5.74) is -0.527. The number of benzene rings is 1. The van der Waals surface area contributed by atoms with Crippen molar-refractivity contribution >= 4 is 22.1 Å². The first kappa shape index (κ1) is 29.2. The van der Waals surface area contributed by atoms with Crippen molar-refractivity contribution in [1.82, 2.24) is 0 Å². The van der Waals surface area contributed by atoms with Gasteiger partial charge in [-0.15, -0.1) is 0 Å². The SMILES string of the molecule is C=CC(=O)OC12CC3CC(C1)CC(C(=O)OCC(F)(F)S(=O)(=O)O)(C3)C2.C[N+](C)(C)Cc1ccccc1. The first-order valence-corrected chi connectivity index (χ1v) is 13.6. The van der Waals surface area contributed by atoms with Crippen LogP contribution < -0.4 is 0 Å². The second-order valence-corrected chi connectivity index (χ2v) is 13.2. The van der Waals surface area contributed by atoms with E-state index in [4.69, 9.17) is 9.29 Å². The molecule has 1 aromatic carbocycles. The zero-order chi connectivity index (χ0) is 27.7.